The van der Waals surface area contributed by atoms with Gasteiger partial charge in [0.15, 0.2) is 0 Å². The topological polar surface area (TPSA) is 93.1 Å². The molecule has 1 N–H and O–H groups in total. The first-order chi connectivity index (χ1) is 18.4. The number of ether oxygens (including phenoxy) is 2. The van der Waals surface area contributed by atoms with E-state index in [4.69, 9.17) is 9.47 Å². The van der Waals surface area contributed by atoms with E-state index in [0.717, 1.165) is 29.7 Å². The molecule has 1 atom stereocenters. The third-order valence-corrected chi connectivity index (χ3v) is 6.78. The SMILES string of the molecule is CCCOC(=O)c1cccc(N2C(=O)C(=O)/C(=C(\O)c3ccc4c(c3)CCCO4)C2c2cccc(C)c2)c1. The number of anilines is 1. The van der Waals surface area contributed by atoms with Crippen LogP contribution in [-0.4, -0.2) is 36.0 Å². The Morgan fingerprint density at radius 1 is 1.05 bits per heavy atom. The zero-order valence-corrected chi connectivity index (χ0v) is 21.4. The predicted octanol–water partition coefficient (Wildman–Crippen LogP) is 5.51. The molecule has 0 aromatic heterocycles. The smallest absolute Gasteiger partial charge is 0.338 e. The molecule has 1 saturated heterocycles. The van der Waals surface area contributed by atoms with Gasteiger partial charge in [-0.3, -0.25) is 14.5 Å². The Bertz CT molecular complexity index is 1460. The number of carbonyl (C=O) groups is 3. The lowest BCUT2D eigenvalue weighted by Crippen LogP contribution is -2.29. The van der Waals surface area contributed by atoms with Gasteiger partial charge in [-0.1, -0.05) is 42.8 Å². The summed E-state index contributed by atoms with van der Waals surface area (Å²) in [6, 6.07) is 18.4. The molecule has 0 spiro atoms. The van der Waals surface area contributed by atoms with Crippen molar-refractivity contribution in [3.8, 4) is 5.75 Å². The lowest BCUT2D eigenvalue weighted by atomic mass is 9.93. The molecule has 1 fully saturated rings. The molecule has 3 aromatic carbocycles. The summed E-state index contributed by atoms with van der Waals surface area (Å²) in [5, 5.41) is 11.5. The molecule has 38 heavy (non-hydrogen) atoms. The summed E-state index contributed by atoms with van der Waals surface area (Å²) in [5.74, 6) is -1.56. The van der Waals surface area contributed by atoms with E-state index in [2.05, 4.69) is 0 Å². The molecule has 1 amide bonds. The average molecular weight is 512 g/mol. The zero-order valence-electron chi connectivity index (χ0n) is 21.4. The molecule has 0 bridgehead atoms. The Balaban J connectivity index is 1.64. The number of benzene rings is 3. The highest BCUT2D eigenvalue weighted by atomic mass is 16.5. The summed E-state index contributed by atoms with van der Waals surface area (Å²) in [4.78, 5) is 40.9. The monoisotopic (exact) mass is 511 g/mol. The lowest BCUT2D eigenvalue weighted by Gasteiger charge is -2.26. The van der Waals surface area contributed by atoms with Crippen LogP contribution in [0.1, 0.15) is 58.4 Å². The van der Waals surface area contributed by atoms with Crippen molar-refractivity contribution in [2.24, 2.45) is 0 Å². The van der Waals surface area contributed by atoms with Gasteiger partial charge in [-0.2, -0.15) is 0 Å². The third-order valence-electron chi connectivity index (χ3n) is 6.78. The van der Waals surface area contributed by atoms with Crippen molar-refractivity contribution in [1.29, 1.82) is 0 Å². The van der Waals surface area contributed by atoms with Crippen LogP contribution in [0, 0.1) is 6.92 Å². The number of rotatable bonds is 6. The van der Waals surface area contributed by atoms with E-state index in [9.17, 15) is 19.5 Å². The van der Waals surface area contributed by atoms with Crippen LogP contribution in [0.4, 0.5) is 5.69 Å². The normalized spacial score (nSPS) is 18.2. The van der Waals surface area contributed by atoms with Crippen molar-refractivity contribution in [2.75, 3.05) is 18.1 Å². The molecule has 194 valence electrons. The number of fused-ring (bicyclic) bond motifs is 1. The van der Waals surface area contributed by atoms with E-state index in [1.807, 2.05) is 44.2 Å². The van der Waals surface area contributed by atoms with Crippen LogP contribution in [-0.2, 0) is 20.7 Å². The van der Waals surface area contributed by atoms with E-state index in [1.165, 1.54) is 4.90 Å². The largest absolute Gasteiger partial charge is 0.507 e. The molecule has 0 radical (unpaired) electrons. The van der Waals surface area contributed by atoms with Crippen molar-refractivity contribution < 1.29 is 29.0 Å². The maximum Gasteiger partial charge on any atom is 0.338 e. The summed E-state index contributed by atoms with van der Waals surface area (Å²) in [7, 11) is 0. The fourth-order valence-corrected chi connectivity index (χ4v) is 4.98. The first-order valence-electron chi connectivity index (χ1n) is 12.8. The summed E-state index contributed by atoms with van der Waals surface area (Å²) in [5.41, 5.74) is 3.64. The van der Waals surface area contributed by atoms with Crippen molar-refractivity contribution >= 4 is 29.1 Å². The van der Waals surface area contributed by atoms with Crippen molar-refractivity contribution in [1.82, 2.24) is 0 Å². The molecule has 2 aliphatic heterocycles. The Morgan fingerprint density at radius 2 is 1.87 bits per heavy atom. The number of aliphatic hydroxyl groups is 1. The second kappa shape index (κ2) is 10.5. The van der Waals surface area contributed by atoms with Crippen LogP contribution in [0.3, 0.4) is 0 Å². The maximum absolute atomic E-state index is 13.5. The second-order valence-electron chi connectivity index (χ2n) is 9.54. The molecule has 2 heterocycles. The van der Waals surface area contributed by atoms with E-state index in [0.29, 0.717) is 29.8 Å². The van der Waals surface area contributed by atoms with Crippen LogP contribution >= 0.6 is 0 Å². The van der Waals surface area contributed by atoms with Crippen molar-refractivity contribution in [3.63, 3.8) is 0 Å². The summed E-state index contributed by atoms with van der Waals surface area (Å²) in [6.07, 6.45) is 2.34. The first kappa shape index (κ1) is 25.3. The molecule has 0 saturated carbocycles. The van der Waals surface area contributed by atoms with Crippen molar-refractivity contribution in [2.45, 2.75) is 39.2 Å². The Hall–Kier alpha value is -4.39. The highest BCUT2D eigenvalue weighted by molar-refractivity contribution is 6.51. The highest BCUT2D eigenvalue weighted by Crippen LogP contribution is 2.43. The summed E-state index contributed by atoms with van der Waals surface area (Å²) < 4.78 is 11.0. The number of amides is 1. The van der Waals surface area contributed by atoms with Crippen molar-refractivity contribution in [3.05, 3.63) is 100 Å². The van der Waals surface area contributed by atoms with Gasteiger partial charge in [-0.15, -0.1) is 0 Å². The van der Waals surface area contributed by atoms with Gasteiger partial charge in [-0.25, -0.2) is 4.79 Å². The number of hydrogen-bond donors (Lipinski definition) is 1. The minimum atomic E-state index is -0.885. The van der Waals surface area contributed by atoms with Gasteiger partial charge >= 0.3 is 5.97 Å². The number of hydrogen-bond acceptors (Lipinski definition) is 6. The Labute approximate surface area is 221 Å². The number of Topliss-reactive ketones (excluding diaryl/α,β-unsaturated/α-hetero) is 1. The Kier molecular flexibility index (Phi) is 7.01. The predicted molar refractivity (Wildman–Crippen MR) is 143 cm³/mol. The quantitative estimate of drug-likeness (QED) is 0.203. The zero-order chi connectivity index (χ0) is 26.8. The van der Waals surface area contributed by atoms with Gasteiger partial charge < -0.3 is 14.6 Å². The fraction of sp³-hybridized carbons (Fsp3) is 0.258. The van der Waals surface area contributed by atoms with Gasteiger partial charge in [0, 0.05) is 11.3 Å². The molecular formula is C31H29NO6. The number of aryl methyl sites for hydroxylation is 2. The lowest BCUT2D eigenvalue weighted by molar-refractivity contribution is -0.132. The highest BCUT2D eigenvalue weighted by Gasteiger charge is 2.47. The van der Waals surface area contributed by atoms with E-state index < -0.39 is 23.7 Å². The van der Waals surface area contributed by atoms with Gasteiger partial charge in [0.1, 0.15) is 11.5 Å². The van der Waals surface area contributed by atoms with Gasteiger partial charge in [0.25, 0.3) is 11.7 Å². The van der Waals surface area contributed by atoms with Crippen LogP contribution < -0.4 is 9.64 Å². The number of nitrogens with zero attached hydrogens (tertiary/aromatic N) is 1. The van der Waals surface area contributed by atoms with Crippen LogP contribution in [0.15, 0.2) is 72.3 Å². The standard InChI is InChI=1S/C31H29NO6/c1-3-14-38-31(36)23-9-5-11-24(18-23)32-27(21-8-4-7-19(2)16-21)26(29(34)30(32)35)28(33)22-12-13-25-20(17-22)10-6-15-37-25/h4-5,7-9,11-13,16-18,27,33H,3,6,10,14-15H2,1-2H3/b28-26-. The fourth-order valence-electron chi connectivity index (χ4n) is 4.98. The van der Waals surface area contributed by atoms with E-state index >= 15 is 0 Å². The number of carbonyl (C=O) groups excluding carboxylic acids is 3. The van der Waals surface area contributed by atoms with Crippen LogP contribution in [0.2, 0.25) is 0 Å². The molecule has 0 aliphatic carbocycles. The minimum absolute atomic E-state index is 0.00348. The number of ketones is 1. The van der Waals surface area contributed by atoms with Crippen LogP contribution in [0.5, 0.6) is 5.75 Å². The summed E-state index contributed by atoms with van der Waals surface area (Å²) in [6.45, 7) is 4.74. The number of aliphatic hydroxyl groups excluding tert-OH is 1. The summed E-state index contributed by atoms with van der Waals surface area (Å²) >= 11 is 0. The molecule has 2 aliphatic rings. The van der Waals surface area contributed by atoms with Gasteiger partial charge in [0.05, 0.1) is 30.4 Å². The molecule has 5 rings (SSSR count). The molecular weight excluding hydrogens is 482 g/mol. The van der Waals surface area contributed by atoms with Gasteiger partial charge in [0.2, 0.25) is 0 Å². The third kappa shape index (κ3) is 4.67. The Morgan fingerprint density at radius 3 is 2.66 bits per heavy atom. The molecule has 1 unspecified atom stereocenters. The second-order valence-corrected chi connectivity index (χ2v) is 9.54. The van der Waals surface area contributed by atoms with Crippen LogP contribution in [0.25, 0.3) is 5.76 Å². The molecule has 7 nitrogen and oxygen atoms in total. The van der Waals surface area contributed by atoms with Gasteiger partial charge in [-0.05, 0) is 73.7 Å². The first-order valence-corrected chi connectivity index (χ1v) is 12.8. The van der Waals surface area contributed by atoms with E-state index in [1.54, 1.807) is 36.4 Å². The van der Waals surface area contributed by atoms with E-state index in [-0.39, 0.29) is 23.5 Å². The average Bonchev–Trinajstić information content (AvgIpc) is 3.21. The molecule has 3 aromatic rings. The maximum atomic E-state index is 13.5. The minimum Gasteiger partial charge on any atom is -0.507 e. The number of esters is 1. The molecule has 7 heteroatoms.